The maximum absolute atomic E-state index is 11.0. The van der Waals surface area contributed by atoms with Crippen LogP contribution in [0.15, 0.2) is 0 Å². The smallest absolute Gasteiger partial charge is 0.148 e. The maximum Gasteiger partial charge on any atom is 0.148 e. The van der Waals surface area contributed by atoms with Crippen LogP contribution in [0.5, 0.6) is 0 Å². The van der Waals surface area contributed by atoms with E-state index in [0.717, 1.165) is 25.7 Å². The van der Waals surface area contributed by atoms with Crippen LogP contribution in [0.4, 0.5) is 0 Å². The molecular formula is C10H22N2O2S. The second kappa shape index (κ2) is 5.27. The van der Waals surface area contributed by atoms with E-state index in [-0.39, 0.29) is 5.75 Å². The summed E-state index contributed by atoms with van der Waals surface area (Å²) in [5.74, 6) is 0.245. The van der Waals surface area contributed by atoms with E-state index < -0.39 is 9.84 Å². The fraction of sp³-hybridized carbons (Fsp3) is 1.00. The lowest BCUT2D eigenvalue weighted by Crippen LogP contribution is -2.42. The lowest BCUT2D eigenvalue weighted by Gasteiger charge is -2.33. The van der Waals surface area contributed by atoms with Gasteiger partial charge in [0.15, 0.2) is 0 Å². The molecule has 15 heavy (non-hydrogen) atoms. The SMILES string of the molecule is CN(CCS(C)(=O)=O)C1CCCC(N)C1. The highest BCUT2D eigenvalue weighted by atomic mass is 32.2. The zero-order valence-corrected chi connectivity index (χ0v) is 10.5. The number of nitrogens with two attached hydrogens (primary N) is 1. The molecule has 0 radical (unpaired) electrons. The lowest BCUT2D eigenvalue weighted by molar-refractivity contribution is 0.189. The summed E-state index contributed by atoms with van der Waals surface area (Å²) < 4.78 is 22.1. The number of nitrogens with zero attached hydrogens (tertiary/aromatic N) is 1. The molecule has 0 spiro atoms. The first kappa shape index (κ1) is 12.9. The van der Waals surface area contributed by atoms with Crippen LogP contribution < -0.4 is 5.73 Å². The molecule has 1 fully saturated rings. The van der Waals surface area contributed by atoms with Gasteiger partial charge in [0.2, 0.25) is 0 Å². The summed E-state index contributed by atoms with van der Waals surface area (Å²) in [6.07, 6.45) is 5.70. The number of hydrogen-bond acceptors (Lipinski definition) is 4. The minimum absolute atomic E-state index is 0.245. The molecule has 0 aromatic rings. The highest BCUT2D eigenvalue weighted by Crippen LogP contribution is 2.20. The van der Waals surface area contributed by atoms with Gasteiger partial charge in [-0.3, -0.25) is 0 Å². The largest absolute Gasteiger partial charge is 0.328 e. The van der Waals surface area contributed by atoms with Gasteiger partial charge in [0.1, 0.15) is 9.84 Å². The van der Waals surface area contributed by atoms with Crippen molar-refractivity contribution in [3.8, 4) is 0 Å². The van der Waals surface area contributed by atoms with E-state index in [1.54, 1.807) is 0 Å². The van der Waals surface area contributed by atoms with E-state index in [1.807, 2.05) is 7.05 Å². The van der Waals surface area contributed by atoms with Gasteiger partial charge in [-0.1, -0.05) is 6.42 Å². The number of hydrogen-bond donors (Lipinski definition) is 1. The Kier molecular flexibility index (Phi) is 4.55. The van der Waals surface area contributed by atoms with Gasteiger partial charge >= 0.3 is 0 Å². The lowest BCUT2D eigenvalue weighted by atomic mass is 9.91. The topological polar surface area (TPSA) is 63.4 Å². The molecule has 0 aromatic carbocycles. The van der Waals surface area contributed by atoms with Crippen LogP contribution in [-0.4, -0.2) is 51.0 Å². The van der Waals surface area contributed by atoms with Crippen LogP contribution in [0.2, 0.25) is 0 Å². The Balaban J connectivity index is 2.36. The van der Waals surface area contributed by atoms with Crippen LogP contribution >= 0.6 is 0 Å². The molecule has 1 aliphatic carbocycles. The molecule has 5 heteroatoms. The van der Waals surface area contributed by atoms with Crippen molar-refractivity contribution in [1.82, 2.24) is 4.90 Å². The van der Waals surface area contributed by atoms with E-state index in [0.29, 0.717) is 18.6 Å². The molecule has 1 aliphatic rings. The molecule has 2 atom stereocenters. The molecule has 4 nitrogen and oxygen atoms in total. The summed E-state index contributed by atoms with van der Waals surface area (Å²) in [5.41, 5.74) is 5.90. The van der Waals surface area contributed by atoms with Crippen molar-refractivity contribution in [3.05, 3.63) is 0 Å². The molecule has 90 valence electrons. The molecule has 0 aliphatic heterocycles. The summed E-state index contributed by atoms with van der Waals surface area (Å²) in [5, 5.41) is 0. The number of sulfone groups is 1. The van der Waals surface area contributed by atoms with Crippen molar-refractivity contribution in [3.63, 3.8) is 0 Å². The molecule has 2 N–H and O–H groups in total. The van der Waals surface area contributed by atoms with E-state index in [9.17, 15) is 8.42 Å². The molecule has 0 heterocycles. The van der Waals surface area contributed by atoms with Gasteiger partial charge in [-0.25, -0.2) is 8.42 Å². The van der Waals surface area contributed by atoms with E-state index in [2.05, 4.69) is 4.90 Å². The molecule has 0 saturated heterocycles. The Bertz CT molecular complexity index is 290. The van der Waals surface area contributed by atoms with Crippen molar-refractivity contribution in [1.29, 1.82) is 0 Å². The quantitative estimate of drug-likeness (QED) is 0.756. The van der Waals surface area contributed by atoms with Crippen molar-refractivity contribution in [2.45, 2.75) is 37.8 Å². The average molecular weight is 234 g/mol. The predicted molar refractivity (Wildman–Crippen MR) is 62.6 cm³/mol. The van der Waals surface area contributed by atoms with Gasteiger partial charge in [0.25, 0.3) is 0 Å². The van der Waals surface area contributed by atoms with Crippen LogP contribution in [0.3, 0.4) is 0 Å². The van der Waals surface area contributed by atoms with Crippen molar-refractivity contribution in [2.75, 3.05) is 25.6 Å². The monoisotopic (exact) mass is 234 g/mol. The predicted octanol–water partition coefficient (Wildman–Crippen LogP) is 0.233. The van der Waals surface area contributed by atoms with Crippen molar-refractivity contribution < 1.29 is 8.42 Å². The Labute approximate surface area is 92.7 Å². The van der Waals surface area contributed by atoms with E-state index >= 15 is 0 Å². The molecule has 0 amide bonds. The van der Waals surface area contributed by atoms with Crippen LogP contribution in [0.1, 0.15) is 25.7 Å². The standard InChI is InChI=1S/C10H22N2O2S/c1-12(6-7-15(2,13)14)10-5-3-4-9(11)8-10/h9-10H,3-8,11H2,1-2H3. The Morgan fingerprint density at radius 1 is 1.40 bits per heavy atom. The fourth-order valence-electron chi connectivity index (χ4n) is 2.09. The Morgan fingerprint density at radius 3 is 2.60 bits per heavy atom. The Hall–Kier alpha value is -0.130. The summed E-state index contributed by atoms with van der Waals surface area (Å²) in [6, 6.07) is 0.764. The van der Waals surface area contributed by atoms with Crippen LogP contribution in [0, 0.1) is 0 Å². The zero-order valence-electron chi connectivity index (χ0n) is 9.65. The van der Waals surface area contributed by atoms with Gasteiger partial charge in [-0.15, -0.1) is 0 Å². The van der Waals surface area contributed by atoms with Gasteiger partial charge in [-0.05, 0) is 26.3 Å². The third-order valence-corrected chi connectivity index (χ3v) is 4.05. The van der Waals surface area contributed by atoms with E-state index in [1.165, 1.54) is 6.26 Å². The zero-order chi connectivity index (χ0) is 11.5. The Morgan fingerprint density at radius 2 is 2.07 bits per heavy atom. The van der Waals surface area contributed by atoms with Crippen molar-refractivity contribution in [2.24, 2.45) is 5.73 Å². The molecule has 0 bridgehead atoms. The van der Waals surface area contributed by atoms with Gasteiger partial charge in [0.05, 0.1) is 5.75 Å². The maximum atomic E-state index is 11.0. The summed E-state index contributed by atoms with van der Waals surface area (Å²) in [6.45, 7) is 0.621. The fourth-order valence-corrected chi connectivity index (χ4v) is 2.71. The second-order valence-electron chi connectivity index (χ2n) is 4.69. The first-order valence-electron chi connectivity index (χ1n) is 5.52. The molecular weight excluding hydrogens is 212 g/mol. The third kappa shape index (κ3) is 4.95. The highest BCUT2D eigenvalue weighted by molar-refractivity contribution is 7.90. The van der Waals surface area contributed by atoms with Crippen LogP contribution in [-0.2, 0) is 9.84 Å². The molecule has 1 rings (SSSR count). The number of rotatable bonds is 4. The summed E-state index contributed by atoms with van der Waals surface area (Å²) in [4.78, 5) is 2.14. The minimum Gasteiger partial charge on any atom is -0.328 e. The molecule has 1 saturated carbocycles. The van der Waals surface area contributed by atoms with Crippen molar-refractivity contribution >= 4 is 9.84 Å². The first-order chi connectivity index (χ1) is 6.88. The molecule has 0 aromatic heterocycles. The van der Waals surface area contributed by atoms with Gasteiger partial charge in [-0.2, -0.15) is 0 Å². The van der Waals surface area contributed by atoms with Crippen LogP contribution in [0.25, 0.3) is 0 Å². The average Bonchev–Trinajstić information content (AvgIpc) is 2.13. The normalized spacial score (nSPS) is 28.3. The first-order valence-corrected chi connectivity index (χ1v) is 7.58. The second-order valence-corrected chi connectivity index (χ2v) is 6.95. The highest BCUT2D eigenvalue weighted by Gasteiger charge is 2.22. The summed E-state index contributed by atoms with van der Waals surface area (Å²) in [7, 11) is -0.850. The van der Waals surface area contributed by atoms with Gasteiger partial charge < -0.3 is 10.6 Å². The van der Waals surface area contributed by atoms with Gasteiger partial charge in [0, 0.05) is 24.9 Å². The third-order valence-electron chi connectivity index (χ3n) is 3.13. The summed E-state index contributed by atoms with van der Waals surface area (Å²) >= 11 is 0. The van der Waals surface area contributed by atoms with E-state index in [4.69, 9.17) is 5.73 Å². The minimum atomic E-state index is -2.84. The molecule has 2 unspecified atom stereocenters.